The number of H-pyrrole nitrogens is 1. The number of hydrogen-bond acceptors (Lipinski definition) is 5. The summed E-state index contributed by atoms with van der Waals surface area (Å²) in [4.78, 5) is 16.6. The van der Waals surface area contributed by atoms with E-state index in [1.165, 1.54) is 12.8 Å². The minimum Gasteiger partial charge on any atom is -0.354 e. The average Bonchev–Trinajstić information content (AvgIpc) is 3.24. The van der Waals surface area contributed by atoms with E-state index in [1.807, 2.05) is 30.3 Å². The molecule has 1 aliphatic rings. The number of nitrogens with zero attached hydrogens (tertiary/aromatic N) is 3. The van der Waals surface area contributed by atoms with Gasteiger partial charge in [0.25, 0.3) is 0 Å². The Morgan fingerprint density at radius 2 is 1.96 bits per heavy atom. The Morgan fingerprint density at radius 3 is 2.67 bits per heavy atom. The molecule has 2 aromatic heterocycles. The number of benzene rings is 1. The lowest BCUT2D eigenvalue weighted by molar-refractivity contribution is 0.379. The van der Waals surface area contributed by atoms with E-state index in [4.69, 9.17) is 0 Å². The number of aromatic amines is 1. The van der Waals surface area contributed by atoms with Crippen molar-refractivity contribution in [3.8, 4) is 0 Å². The molecule has 6 heteroatoms. The van der Waals surface area contributed by atoms with E-state index in [0.717, 1.165) is 23.6 Å². The molecule has 0 spiro atoms. The molecular formula is C18H22N6. The summed E-state index contributed by atoms with van der Waals surface area (Å²) in [6.07, 6.45) is 4.20. The molecule has 1 aromatic carbocycles. The number of imidazole rings is 1. The van der Waals surface area contributed by atoms with Gasteiger partial charge in [0, 0.05) is 12.2 Å². The monoisotopic (exact) mass is 322 g/mol. The van der Waals surface area contributed by atoms with Crippen LogP contribution in [0.15, 0.2) is 36.7 Å². The van der Waals surface area contributed by atoms with E-state index in [-0.39, 0.29) is 0 Å². The Kier molecular flexibility index (Phi) is 3.59. The summed E-state index contributed by atoms with van der Waals surface area (Å²) >= 11 is 0. The molecule has 1 aliphatic carbocycles. The van der Waals surface area contributed by atoms with E-state index >= 15 is 0 Å². The number of para-hydroxylation sites is 1. The zero-order valence-electron chi connectivity index (χ0n) is 14.0. The van der Waals surface area contributed by atoms with Crippen LogP contribution in [0.5, 0.6) is 0 Å². The first-order valence-corrected chi connectivity index (χ1v) is 8.43. The molecule has 0 aliphatic heterocycles. The summed E-state index contributed by atoms with van der Waals surface area (Å²) in [6.45, 7) is 5.48. The van der Waals surface area contributed by atoms with Gasteiger partial charge in [-0.25, -0.2) is 4.98 Å². The Labute approximate surface area is 141 Å². The van der Waals surface area contributed by atoms with Crippen LogP contribution in [0.1, 0.15) is 26.7 Å². The fourth-order valence-corrected chi connectivity index (χ4v) is 3.03. The summed E-state index contributed by atoms with van der Waals surface area (Å²) in [5.74, 6) is 2.03. The van der Waals surface area contributed by atoms with Crippen LogP contribution >= 0.6 is 0 Å². The molecule has 3 aromatic rings. The maximum absolute atomic E-state index is 4.65. The van der Waals surface area contributed by atoms with Gasteiger partial charge in [0.15, 0.2) is 11.5 Å². The lowest BCUT2D eigenvalue weighted by Crippen LogP contribution is -2.22. The number of aromatic nitrogens is 4. The van der Waals surface area contributed by atoms with E-state index in [2.05, 4.69) is 44.4 Å². The lowest BCUT2D eigenvalue weighted by atomic mass is 9.92. The molecule has 0 amide bonds. The molecular weight excluding hydrogens is 300 g/mol. The predicted molar refractivity (Wildman–Crippen MR) is 96.4 cm³/mol. The topological polar surface area (TPSA) is 78.5 Å². The smallest absolute Gasteiger partial charge is 0.226 e. The van der Waals surface area contributed by atoms with Crippen LogP contribution in [0.2, 0.25) is 0 Å². The van der Waals surface area contributed by atoms with Gasteiger partial charge in [-0.3, -0.25) is 0 Å². The van der Waals surface area contributed by atoms with Crippen LogP contribution in [0.25, 0.3) is 11.2 Å². The van der Waals surface area contributed by atoms with E-state index in [0.29, 0.717) is 22.9 Å². The SMILES string of the molecule is CC(C)C1(CNc2nc(Nc3ccccc3)c3[nH]cnc3n2)CC1. The maximum atomic E-state index is 4.65. The fraction of sp³-hybridized carbons (Fsp3) is 0.389. The normalized spacial score (nSPS) is 15.6. The van der Waals surface area contributed by atoms with Crippen molar-refractivity contribution in [2.45, 2.75) is 26.7 Å². The summed E-state index contributed by atoms with van der Waals surface area (Å²) in [5.41, 5.74) is 2.87. The van der Waals surface area contributed by atoms with Crippen LogP contribution < -0.4 is 10.6 Å². The third-order valence-corrected chi connectivity index (χ3v) is 5.04. The molecule has 0 radical (unpaired) electrons. The number of rotatable bonds is 6. The second-order valence-corrected chi connectivity index (χ2v) is 6.86. The summed E-state index contributed by atoms with van der Waals surface area (Å²) in [5, 5.41) is 6.77. The molecule has 2 heterocycles. The molecule has 24 heavy (non-hydrogen) atoms. The van der Waals surface area contributed by atoms with Gasteiger partial charge in [-0.05, 0) is 36.3 Å². The maximum Gasteiger partial charge on any atom is 0.226 e. The molecule has 0 atom stereocenters. The molecule has 1 fully saturated rings. The zero-order chi connectivity index (χ0) is 16.6. The quantitative estimate of drug-likeness (QED) is 0.640. The van der Waals surface area contributed by atoms with Crippen LogP contribution in [0.4, 0.5) is 17.5 Å². The van der Waals surface area contributed by atoms with E-state index in [9.17, 15) is 0 Å². The van der Waals surface area contributed by atoms with Crippen LogP contribution in [-0.2, 0) is 0 Å². The molecule has 0 saturated heterocycles. The second-order valence-electron chi connectivity index (χ2n) is 6.86. The highest BCUT2D eigenvalue weighted by Crippen LogP contribution is 2.51. The fourth-order valence-electron chi connectivity index (χ4n) is 3.03. The van der Waals surface area contributed by atoms with Crippen molar-refractivity contribution in [1.82, 2.24) is 19.9 Å². The standard InChI is InChI=1S/C18H22N6/c1-12(2)18(8-9-18)10-19-17-23-15-14(20-11-21-15)16(24-17)22-13-6-4-3-5-7-13/h3-7,11-12H,8-10H2,1-2H3,(H3,19,20,21,22,23,24). The van der Waals surface area contributed by atoms with Gasteiger partial charge in [0.1, 0.15) is 5.52 Å². The van der Waals surface area contributed by atoms with E-state index in [1.54, 1.807) is 6.33 Å². The highest BCUT2D eigenvalue weighted by molar-refractivity contribution is 5.86. The zero-order valence-corrected chi connectivity index (χ0v) is 14.0. The van der Waals surface area contributed by atoms with Gasteiger partial charge in [0.05, 0.1) is 6.33 Å². The minimum atomic E-state index is 0.400. The van der Waals surface area contributed by atoms with Crippen molar-refractivity contribution in [3.63, 3.8) is 0 Å². The highest BCUT2D eigenvalue weighted by Gasteiger charge is 2.45. The third kappa shape index (κ3) is 2.79. The third-order valence-electron chi connectivity index (χ3n) is 5.04. The van der Waals surface area contributed by atoms with Crippen LogP contribution in [0, 0.1) is 11.3 Å². The molecule has 4 rings (SSSR count). The highest BCUT2D eigenvalue weighted by atomic mass is 15.2. The second kappa shape index (κ2) is 5.78. The number of hydrogen-bond donors (Lipinski definition) is 3. The number of anilines is 3. The van der Waals surface area contributed by atoms with Gasteiger partial charge >= 0.3 is 0 Å². The Bertz CT molecular complexity index is 835. The van der Waals surface area contributed by atoms with Crippen LogP contribution in [0.3, 0.4) is 0 Å². The first kappa shape index (κ1) is 14.9. The minimum absolute atomic E-state index is 0.400. The van der Waals surface area contributed by atoms with E-state index < -0.39 is 0 Å². The van der Waals surface area contributed by atoms with Crippen molar-refractivity contribution in [1.29, 1.82) is 0 Å². The summed E-state index contributed by atoms with van der Waals surface area (Å²) < 4.78 is 0. The van der Waals surface area contributed by atoms with Gasteiger partial charge in [0.2, 0.25) is 5.95 Å². The molecule has 1 saturated carbocycles. The number of nitrogens with one attached hydrogen (secondary N) is 3. The first-order valence-electron chi connectivity index (χ1n) is 8.43. The predicted octanol–water partition coefficient (Wildman–Crippen LogP) is 3.94. The molecule has 0 unspecified atom stereocenters. The summed E-state index contributed by atoms with van der Waals surface area (Å²) in [7, 11) is 0. The van der Waals surface area contributed by atoms with Crippen molar-refractivity contribution in [2.75, 3.05) is 17.2 Å². The molecule has 0 bridgehead atoms. The summed E-state index contributed by atoms with van der Waals surface area (Å²) in [6, 6.07) is 9.99. The Balaban J connectivity index is 1.60. The number of fused-ring (bicyclic) bond motifs is 1. The largest absolute Gasteiger partial charge is 0.354 e. The first-order chi connectivity index (χ1) is 11.7. The van der Waals surface area contributed by atoms with Crippen molar-refractivity contribution in [2.24, 2.45) is 11.3 Å². The van der Waals surface area contributed by atoms with Gasteiger partial charge < -0.3 is 15.6 Å². The molecule has 124 valence electrons. The average molecular weight is 322 g/mol. The van der Waals surface area contributed by atoms with Crippen LogP contribution in [-0.4, -0.2) is 26.5 Å². The van der Waals surface area contributed by atoms with Gasteiger partial charge in [-0.1, -0.05) is 32.0 Å². The Hall–Kier alpha value is -2.63. The van der Waals surface area contributed by atoms with Crippen molar-refractivity contribution < 1.29 is 0 Å². The van der Waals surface area contributed by atoms with Gasteiger partial charge in [-0.15, -0.1) is 0 Å². The molecule has 3 N–H and O–H groups in total. The lowest BCUT2D eigenvalue weighted by Gasteiger charge is -2.20. The van der Waals surface area contributed by atoms with Gasteiger partial charge in [-0.2, -0.15) is 9.97 Å². The van der Waals surface area contributed by atoms with Crippen molar-refractivity contribution >= 4 is 28.6 Å². The Morgan fingerprint density at radius 1 is 1.17 bits per heavy atom. The van der Waals surface area contributed by atoms with Crippen molar-refractivity contribution in [3.05, 3.63) is 36.7 Å². The molecule has 6 nitrogen and oxygen atoms in total.